The molecule has 0 saturated carbocycles. The van der Waals surface area contributed by atoms with Crippen molar-refractivity contribution in [3.05, 3.63) is 24.3 Å². The lowest BCUT2D eigenvalue weighted by atomic mass is 10.1. The van der Waals surface area contributed by atoms with Crippen LogP contribution < -0.4 is 10.6 Å². The standard InChI is InChI=1S/C11H16N2O/c12-10-3-1-2-4-11(10)13-6-5-9(7-13)8-14/h1-4,9,14H,5-8,12H2/t9-/m1/s1. The van der Waals surface area contributed by atoms with Gasteiger partial charge in [0.05, 0.1) is 11.4 Å². The molecule has 1 atom stereocenters. The Labute approximate surface area is 84.1 Å². The second-order valence-electron chi connectivity index (χ2n) is 3.84. The topological polar surface area (TPSA) is 49.5 Å². The Morgan fingerprint density at radius 1 is 1.43 bits per heavy atom. The van der Waals surface area contributed by atoms with Crippen molar-refractivity contribution in [1.29, 1.82) is 0 Å². The zero-order chi connectivity index (χ0) is 9.97. The molecule has 3 heteroatoms. The molecule has 1 aliphatic heterocycles. The number of rotatable bonds is 2. The third-order valence-electron chi connectivity index (χ3n) is 2.82. The molecule has 1 aromatic carbocycles. The molecule has 3 N–H and O–H groups in total. The van der Waals surface area contributed by atoms with E-state index in [1.54, 1.807) is 0 Å². The van der Waals surface area contributed by atoms with E-state index in [1.807, 2.05) is 24.3 Å². The van der Waals surface area contributed by atoms with Crippen molar-refractivity contribution >= 4 is 11.4 Å². The molecule has 0 unspecified atom stereocenters. The Bertz CT molecular complexity index is 314. The van der Waals surface area contributed by atoms with Crippen LogP contribution in [-0.4, -0.2) is 24.8 Å². The van der Waals surface area contributed by atoms with Crippen molar-refractivity contribution in [3.63, 3.8) is 0 Å². The average molecular weight is 192 g/mol. The predicted molar refractivity (Wildman–Crippen MR) is 58.3 cm³/mol. The summed E-state index contributed by atoms with van der Waals surface area (Å²) in [5, 5.41) is 9.04. The molecule has 1 heterocycles. The molecule has 1 fully saturated rings. The summed E-state index contributed by atoms with van der Waals surface area (Å²) < 4.78 is 0. The van der Waals surface area contributed by atoms with Crippen LogP contribution in [0.4, 0.5) is 11.4 Å². The summed E-state index contributed by atoms with van der Waals surface area (Å²) in [5.41, 5.74) is 7.81. The Kier molecular flexibility index (Phi) is 2.59. The molecule has 1 aromatic rings. The van der Waals surface area contributed by atoms with Gasteiger partial charge in [0.1, 0.15) is 0 Å². The highest BCUT2D eigenvalue weighted by atomic mass is 16.3. The summed E-state index contributed by atoms with van der Waals surface area (Å²) in [6, 6.07) is 7.90. The van der Waals surface area contributed by atoms with Crippen molar-refractivity contribution in [2.45, 2.75) is 6.42 Å². The minimum Gasteiger partial charge on any atom is -0.397 e. The van der Waals surface area contributed by atoms with Crippen LogP contribution in [0.2, 0.25) is 0 Å². The summed E-state index contributed by atoms with van der Waals surface area (Å²) in [5.74, 6) is 0.412. The number of aliphatic hydroxyl groups excluding tert-OH is 1. The third-order valence-corrected chi connectivity index (χ3v) is 2.82. The van der Waals surface area contributed by atoms with Crippen LogP contribution in [0.5, 0.6) is 0 Å². The van der Waals surface area contributed by atoms with Gasteiger partial charge >= 0.3 is 0 Å². The third kappa shape index (κ3) is 1.68. The Hall–Kier alpha value is -1.22. The first-order valence-corrected chi connectivity index (χ1v) is 5.01. The van der Waals surface area contributed by atoms with Gasteiger partial charge in [0, 0.05) is 25.6 Å². The van der Waals surface area contributed by atoms with Crippen LogP contribution in [0.1, 0.15) is 6.42 Å². The zero-order valence-electron chi connectivity index (χ0n) is 8.19. The number of para-hydroxylation sites is 2. The monoisotopic (exact) mass is 192 g/mol. The van der Waals surface area contributed by atoms with Crippen molar-refractivity contribution in [2.75, 3.05) is 30.3 Å². The predicted octanol–water partition coefficient (Wildman–Crippen LogP) is 1.09. The number of nitrogen functional groups attached to an aromatic ring is 1. The fourth-order valence-corrected chi connectivity index (χ4v) is 1.98. The van der Waals surface area contributed by atoms with E-state index in [0.29, 0.717) is 5.92 Å². The quantitative estimate of drug-likeness (QED) is 0.689. The Morgan fingerprint density at radius 2 is 2.21 bits per heavy atom. The van der Waals surface area contributed by atoms with Gasteiger partial charge in [-0.05, 0) is 18.6 Å². The van der Waals surface area contributed by atoms with Gasteiger partial charge in [-0.1, -0.05) is 12.1 Å². The Balaban J connectivity index is 2.13. The lowest BCUT2D eigenvalue weighted by Crippen LogP contribution is -2.21. The highest BCUT2D eigenvalue weighted by molar-refractivity contribution is 5.67. The maximum absolute atomic E-state index is 9.04. The van der Waals surface area contributed by atoms with Crippen molar-refractivity contribution < 1.29 is 5.11 Å². The van der Waals surface area contributed by atoms with Crippen LogP contribution in [0, 0.1) is 5.92 Å². The smallest absolute Gasteiger partial charge is 0.0600 e. The molecule has 0 aromatic heterocycles. The van der Waals surface area contributed by atoms with Crippen LogP contribution in [-0.2, 0) is 0 Å². The van der Waals surface area contributed by atoms with E-state index < -0.39 is 0 Å². The van der Waals surface area contributed by atoms with E-state index >= 15 is 0 Å². The van der Waals surface area contributed by atoms with E-state index in [1.165, 1.54) is 0 Å². The molecule has 0 amide bonds. The van der Waals surface area contributed by atoms with E-state index in [9.17, 15) is 0 Å². The van der Waals surface area contributed by atoms with Gasteiger partial charge < -0.3 is 15.7 Å². The number of anilines is 2. The molecule has 1 saturated heterocycles. The molecule has 0 radical (unpaired) electrons. The first kappa shape index (κ1) is 9.34. The normalized spacial score (nSPS) is 21.5. The minimum absolute atomic E-state index is 0.281. The van der Waals surface area contributed by atoms with Gasteiger partial charge in [0.25, 0.3) is 0 Å². The fourth-order valence-electron chi connectivity index (χ4n) is 1.98. The van der Waals surface area contributed by atoms with Gasteiger partial charge in [-0.3, -0.25) is 0 Å². The summed E-state index contributed by atoms with van der Waals surface area (Å²) >= 11 is 0. The second-order valence-corrected chi connectivity index (χ2v) is 3.84. The van der Waals surface area contributed by atoms with Gasteiger partial charge in [0.15, 0.2) is 0 Å². The average Bonchev–Trinajstić information content (AvgIpc) is 2.67. The zero-order valence-corrected chi connectivity index (χ0v) is 8.19. The SMILES string of the molecule is Nc1ccccc1N1CC[C@@H](CO)C1. The molecule has 3 nitrogen and oxygen atoms in total. The molecular formula is C11H16N2O. The van der Waals surface area contributed by atoms with Crippen molar-refractivity contribution in [1.82, 2.24) is 0 Å². The number of hydrogen-bond donors (Lipinski definition) is 2. The molecule has 0 aliphatic carbocycles. The molecular weight excluding hydrogens is 176 g/mol. The highest BCUT2D eigenvalue weighted by Crippen LogP contribution is 2.27. The van der Waals surface area contributed by atoms with Gasteiger partial charge in [-0.2, -0.15) is 0 Å². The number of aliphatic hydroxyl groups is 1. The first-order chi connectivity index (χ1) is 6.81. The van der Waals surface area contributed by atoms with E-state index in [-0.39, 0.29) is 6.61 Å². The number of nitrogens with zero attached hydrogens (tertiary/aromatic N) is 1. The summed E-state index contributed by atoms with van der Waals surface area (Å²) in [6.07, 6.45) is 1.06. The number of hydrogen-bond acceptors (Lipinski definition) is 3. The van der Waals surface area contributed by atoms with Crippen LogP contribution >= 0.6 is 0 Å². The van der Waals surface area contributed by atoms with Gasteiger partial charge in [0.2, 0.25) is 0 Å². The van der Waals surface area contributed by atoms with E-state index in [2.05, 4.69) is 4.90 Å². The summed E-state index contributed by atoms with van der Waals surface area (Å²) in [7, 11) is 0. The Morgan fingerprint density at radius 3 is 2.86 bits per heavy atom. The number of benzene rings is 1. The lowest BCUT2D eigenvalue weighted by Gasteiger charge is -2.20. The molecule has 1 aliphatic rings. The van der Waals surface area contributed by atoms with Gasteiger partial charge in [-0.25, -0.2) is 0 Å². The van der Waals surface area contributed by atoms with Crippen LogP contribution in [0.15, 0.2) is 24.3 Å². The fraction of sp³-hybridized carbons (Fsp3) is 0.455. The highest BCUT2D eigenvalue weighted by Gasteiger charge is 2.22. The second kappa shape index (κ2) is 3.88. The van der Waals surface area contributed by atoms with Crippen LogP contribution in [0.25, 0.3) is 0 Å². The minimum atomic E-state index is 0.281. The van der Waals surface area contributed by atoms with E-state index in [4.69, 9.17) is 10.8 Å². The molecule has 0 spiro atoms. The molecule has 2 rings (SSSR count). The first-order valence-electron chi connectivity index (χ1n) is 5.01. The molecule has 14 heavy (non-hydrogen) atoms. The largest absolute Gasteiger partial charge is 0.397 e. The maximum atomic E-state index is 9.04. The lowest BCUT2D eigenvalue weighted by molar-refractivity contribution is 0.238. The van der Waals surface area contributed by atoms with Crippen molar-refractivity contribution in [2.24, 2.45) is 5.92 Å². The maximum Gasteiger partial charge on any atom is 0.0600 e. The molecule has 0 bridgehead atoms. The van der Waals surface area contributed by atoms with Gasteiger partial charge in [-0.15, -0.1) is 0 Å². The van der Waals surface area contributed by atoms with Crippen molar-refractivity contribution in [3.8, 4) is 0 Å². The number of nitrogens with two attached hydrogens (primary N) is 1. The summed E-state index contributed by atoms with van der Waals surface area (Å²) in [4.78, 5) is 2.25. The van der Waals surface area contributed by atoms with E-state index in [0.717, 1.165) is 30.9 Å². The summed E-state index contributed by atoms with van der Waals surface area (Å²) in [6.45, 7) is 2.20. The molecule has 76 valence electrons. The van der Waals surface area contributed by atoms with Crippen LogP contribution in [0.3, 0.4) is 0 Å².